The molecule has 0 spiro atoms. The molecule has 2 aromatic rings. The van der Waals surface area contributed by atoms with Crippen molar-refractivity contribution in [2.45, 2.75) is 32.5 Å². The van der Waals surface area contributed by atoms with Crippen molar-refractivity contribution < 1.29 is 14.6 Å². The first-order chi connectivity index (χ1) is 12.5. The van der Waals surface area contributed by atoms with E-state index in [1.165, 1.54) is 0 Å². The Bertz CT molecular complexity index is 739. The van der Waals surface area contributed by atoms with E-state index in [0.29, 0.717) is 34.7 Å². The monoisotopic (exact) mass is 461 g/mol. The van der Waals surface area contributed by atoms with Gasteiger partial charge in [0.05, 0.1) is 23.8 Å². The Balaban J connectivity index is 2.23. The van der Waals surface area contributed by atoms with E-state index in [-0.39, 0.29) is 12.6 Å². The lowest BCUT2D eigenvalue weighted by atomic mass is 10.1. The summed E-state index contributed by atoms with van der Waals surface area (Å²) in [6.45, 7) is 2.97. The number of nitrogens with one attached hydrogen (secondary N) is 1. The molecule has 0 radical (unpaired) electrons. The number of hydrogen-bond donors (Lipinski definition) is 2. The van der Waals surface area contributed by atoms with Crippen LogP contribution in [0.25, 0.3) is 0 Å². The van der Waals surface area contributed by atoms with Crippen LogP contribution in [0.1, 0.15) is 24.5 Å². The maximum atomic E-state index is 9.39. The van der Waals surface area contributed by atoms with Crippen LogP contribution in [0.2, 0.25) is 10.0 Å². The Hall–Kier alpha value is -0.980. The fraction of sp³-hybridized carbons (Fsp3) is 0.368. The van der Waals surface area contributed by atoms with Crippen LogP contribution in [-0.4, -0.2) is 24.9 Å². The second kappa shape index (κ2) is 10.4. The molecular formula is C19H22BrCl2NO3. The van der Waals surface area contributed by atoms with E-state index in [4.69, 9.17) is 32.7 Å². The number of aliphatic hydroxyl groups excluding tert-OH is 1. The molecule has 0 saturated carbocycles. The number of benzene rings is 2. The van der Waals surface area contributed by atoms with Crippen molar-refractivity contribution >= 4 is 39.1 Å². The van der Waals surface area contributed by atoms with Crippen LogP contribution in [0.4, 0.5) is 0 Å². The van der Waals surface area contributed by atoms with E-state index in [0.717, 1.165) is 22.0 Å². The van der Waals surface area contributed by atoms with E-state index in [9.17, 15) is 5.11 Å². The standard InChI is InChI=1S/C19H22BrCl2NO3/c1-3-13(10-24)23-9-14-15(20)5-7-18(25-2)19(14)26-11-12-4-6-16(21)17(22)8-12/h4-8,13,23-24H,3,9-11H2,1-2H3. The van der Waals surface area contributed by atoms with Crippen LogP contribution in [0.3, 0.4) is 0 Å². The van der Waals surface area contributed by atoms with Gasteiger partial charge in [-0.3, -0.25) is 0 Å². The lowest BCUT2D eigenvalue weighted by molar-refractivity contribution is 0.236. The van der Waals surface area contributed by atoms with E-state index in [1.807, 2.05) is 25.1 Å². The molecule has 0 aliphatic rings. The quantitative estimate of drug-likeness (QED) is 0.537. The van der Waals surface area contributed by atoms with E-state index in [2.05, 4.69) is 21.2 Å². The zero-order chi connectivity index (χ0) is 19.1. The second-order valence-corrected chi connectivity index (χ2v) is 7.43. The number of rotatable bonds is 9. The molecule has 0 aromatic heterocycles. The fourth-order valence-electron chi connectivity index (χ4n) is 2.44. The Morgan fingerprint density at radius 3 is 2.58 bits per heavy atom. The maximum Gasteiger partial charge on any atom is 0.167 e. The molecule has 4 nitrogen and oxygen atoms in total. The van der Waals surface area contributed by atoms with Gasteiger partial charge in [0.1, 0.15) is 6.61 Å². The third-order valence-electron chi connectivity index (χ3n) is 4.04. The van der Waals surface area contributed by atoms with Gasteiger partial charge in [-0.1, -0.05) is 52.1 Å². The second-order valence-electron chi connectivity index (χ2n) is 5.76. The average Bonchev–Trinajstić information content (AvgIpc) is 2.64. The van der Waals surface area contributed by atoms with Gasteiger partial charge in [-0.2, -0.15) is 0 Å². The van der Waals surface area contributed by atoms with Gasteiger partial charge >= 0.3 is 0 Å². The molecule has 0 aliphatic carbocycles. The first kappa shape index (κ1) is 21.3. The van der Waals surface area contributed by atoms with Gasteiger partial charge in [-0.25, -0.2) is 0 Å². The zero-order valence-corrected chi connectivity index (χ0v) is 17.8. The number of hydrogen-bond acceptors (Lipinski definition) is 4. The molecule has 1 atom stereocenters. The number of halogens is 3. The largest absolute Gasteiger partial charge is 0.493 e. The molecule has 0 heterocycles. The average molecular weight is 463 g/mol. The minimum absolute atomic E-state index is 0.0241. The zero-order valence-electron chi connectivity index (χ0n) is 14.7. The molecule has 2 N–H and O–H groups in total. The summed E-state index contributed by atoms with van der Waals surface area (Å²) in [5.41, 5.74) is 1.83. The smallest absolute Gasteiger partial charge is 0.167 e. The summed E-state index contributed by atoms with van der Waals surface area (Å²) < 4.78 is 12.4. The highest BCUT2D eigenvalue weighted by molar-refractivity contribution is 9.10. The van der Waals surface area contributed by atoms with Crippen molar-refractivity contribution in [1.29, 1.82) is 0 Å². The summed E-state index contributed by atoms with van der Waals surface area (Å²) in [6.07, 6.45) is 0.831. The molecule has 0 saturated heterocycles. The molecule has 1 unspecified atom stereocenters. The predicted octanol–water partition coefficient (Wildman–Crippen LogP) is 5.20. The summed E-state index contributed by atoms with van der Waals surface area (Å²) in [4.78, 5) is 0. The third kappa shape index (κ3) is 5.51. The summed E-state index contributed by atoms with van der Waals surface area (Å²) in [7, 11) is 1.61. The van der Waals surface area contributed by atoms with Crippen LogP contribution in [-0.2, 0) is 13.2 Å². The Kier molecular flexibility index (Phi) is 8.51. The third-order valence-corrected chi connectivity index (χ3v) is 5.52. The first-order valence-electron chi connectivity index (χ1n) is 8.26. The Morgan fingerprint density at radius 2 is 1.96 bits per heavy atom. The lowest BCUT2D eigenvalue weighted by Gasteiger charge is -2.19. The molecule has 0 aliphatic heterocycles. The van der Waals surface area contributed by atoms with Crippen LogP contribution in [0.15, 0.2) is 34.8 Å². The molecule has 0 amide bonds. The highest BCUT2D eigenvalue weighted by atomic mass is 79.9. The molecule has 0 fully saturated rings. The van der Waals surface area contributed by atoms with Crippen LogP contribution < -0.4 is 14.8 Å². The first-order valence-corrected chi connectivity index (χ1v) is 9.81. The van der Waals surface area contributed by atoms with Gasteiger partial charge in [0.2, 0.25) is 0 Å². The molecule has 26 heavy (non-hydrogen) atoms. The topological polar surface area (TPSA) is 50.7 Å². The molecule has 0 bridgehead atoms. The van der Waals surface area contributed by atoms with E-state index in [1.54, 1.807) is 19.2 Å². The lowest BCUT2D eigenvalue weighted by Crippen LogP contribution is -2.31. The van der Waals surface area contributed by atoms with Gasteiger partial charge in [0.25, 0.3) is 0 Å². The van der Waals surface area contributed by atoms with Crippen molar-refractivity contribution in [3.63, 3.8) is 0 Å². The summed E-state index contributed by atoms with van der Waals surface area (Å²) >= 11 is 15.6. The molecule has 2 rings (SSSR count). The van der Waals surface area contributed by atoms with E-state index >= 15 is 0 Å². The highest BCUT2D eigenvalue weighted by Gasteiger charge is 2.16. The summed E-state index contributed by atoms with van der Waals surface area (Å²) in [5, 5.41) is 13.7. The van der Waals surface area contributed by atoms with E-state index < -0.39 is 0 Å². The summed E-state index contributed by atoms with van der Waals surface area (Å²) in [6, 6.07) is 9.19. The molecular weight excluding hydrogens is 441 g/mol. The van der Waals surface area contributed by atoms with Gasteiger partial charge in [0.15, 0.2) is 11.5 Å². The Morgan fingerprint density at radius 1 is 1.19 bits per heavy atom. The highest BCUT2D eigenvalue weighted by Crippen LogP contribution is 2.37. The van der Waals surface area contributed by atoms with Crippen LogP contribution >= 0.6 is 39.1 Å². The molecule has 7 heteroatoms. The van der Waals surface area contributed by atoms with Crippen molar-refractivity contribution in [2.24, 2.45) is 0 Å². The van der Waals surface area contributed by atoms with Gasteiger partial charge in [-0.15, -0.1) is 0 Å². The molecule has 2 aromatic carbocycles. The SMILES string of the molecule is CCC(CO)NCc1c(Br)ccc(OC)c1OCc1ccc(Cl)c(Cl)c1. The van der Waals surface area contributed by atoms with Crippen LogP contribution in [0.5, 0.6) is 11.5 Å². The number of methoxy groups -OCH3 is 1. The number of ether oxygens (including phenoxy) is 2. The van der Waals surface area contributed by atoms with Crippen LogP contribution in [0, 0.1) is 0 Å². The fourth-order valence-corrected chi connectivity index (χ4v) is 3.21. The molecule has 142 valence electrons. The van der Waals surface area contributed by atoms with Crippen molar-refractivity contribution in [3.8, 4) is 11.5 Å². The maximum absolute atomic E-state index is 9.39. The normalized spacial score (nSPS) is 12.1. The minimum Gasteiger partial charge on any atom is -0.493 e. The predicted molar refractivity (Wildman–Crippen MR) is 109 cm³/mol. The minimum atomic E-state index is 0.0241. The van der Waals surface area contributed by atoms with Crippen molar-refractivity contribution in [2.75, 3.05) is 13.7 Å². The van der Waals surface area contributed by atoms with Gasteiger partial charge in [0, 0.05) is 22.6 Å². The number of aliphatic hydroxyl groups is 1. The Labute approximate surface area is 172 Å². The van der Waals surface area contributed by atoms with Gasteiger partial charge < -0.3 is 19.9 Å². The van der Waals surface area contributed by atoms with Crippen molar-refractivity contribution in [3.05, 3.63) is 56.0 Å². The summed E-state index contributed by atoms with van der Waals surface area (Å²) in [5.74, 6) is 1.29. The van der Waals surface area contributed by atoms with Crippen molar-refractivity contribution in [1.82, 2.24) is 5.32 Å². The van der Waals surface area contributed by atoms with Gasteiger partial charge in [-0.05, 0) is 36.2 Å².